The third-order valence-corrected chi connectivity index (χ3v) is 3.86. The van der Waals surface area contributed by atoms with Crippen molar-refractivity contribution in [2.45, 2.75) is 37.4 Å². The number of hydrogen-bond donors (Lipinski definition) is 0. The summed E-state index contributed by atoms with van der Waals surface area (Å²) in [5.41, 5.74) is 0. The Morgan fingerprint density at radius 3 is 2.73 bits per heavy atom. The lowest BCUT2D eigenvalue weighted by molar-refractivity contribution is 0.574. The van der Waals surface area contributed by atoms with Gasteiger partial charge in [-0.25, -0.2) is 8.42 Å². The second kappa shape index (κ2) is 3.57. The molecule has 0 heterocycles. The van der Waals surface area contributed by atoms with E-state index in [9.17, 15) is 8.42 Å². The first-order valence-electron chi connectivity index (χ1n) is 4.11. The first kappa shape index (κ1) is 9.04. The minimum atomic E-state index is -2.78. The summed E-state index contributed by atoms with van der Waals surface area (Å²) in [4.78, 5) is 0. The topological polar surface area (TPSA) is 34.1 Å². The average molecular weight is 175 g/mol. The fraction of sp³-hybridized carbons (Fsp3) is 0.875. The summed E-state index contributed by atoms with van der Waals surface area (Å²) in [5.74, 6) is 0. The van der Waals surface area contributed by atoms with Gasteiger partial charge < -0.3 is 0 Å². The number of hydrogen-bond acceptors (Lipinski definition) is 2. The fourth-order valence-corrected chi connectivity index (χ4v) is 2.55. The predicted octanol–water partition coefficient (Wildman–Crippen LogP) is 1.57. The van der Waals surface area contributed by atoms with Gasteiger partial charge in [0.1, 0.15) is 9.84 Å². The van der Waals surface area contributed by atoms with Gasteiger partial charge in [-0.1, -0.05) is 19.3 Å². The van der Waals surface area contributed by atoms with E-state index >= 15 is 0 Å². The Bertz CT molecular complexity index is 198. The molecular formula is C8H15O2S. The van der Waals surface area contributed by atoms with E-state index in [2.05, 4.69) is 6.42 Å². The molecule has 1 radical (unpaired) electrons. The van der Waals surface area contributed by atoms with E-state index in [0.29, 0.717) is 0 Å². The Kier molecular flexibility index (Phi) is 2.93. The van der Waals surface area contributed by atoms with Crippen molar-refractivity contribution >= 4 is 9.84 Å². The molecule has 0 aromatic carbocycles. The maximum absolute atomic E-state index is 11.1. The molecule has 0 aromatic heterocycles. The molecule has 0 N–H and O–H groups in total. The van der Waals surface area contributed by atoms with E-state index in [0.717, 1.165) is 32.1 Å². The predicted molar refractivity (Wildman–Crippen MR) is 46.0 cm³/mol. The van der Waals surface area contributed by atoms with Crippen molar-refractivity contribution in [1.29, 1.82) is 0 Å². The van der Waals surface area contributed by atoms with Gasteiger partial charge in [-0.05, 0) is 19.3 Å². The summed E-state index contributed by atoms with van der Waals surface area (Å²) in [6.07, 6.45) is 8.38. The molecule has 0 saturated heterocycles. The second-order valence-corrected chi connectivity index (χ2v) is 5.59. The van der Waals surface area contributed by atoms with Crippen LogP contribution in [0.2, 0.25) is 0 Å². The Morgan fingerprint density at radius 2 is 2.09 bits per heavy atom. The smallest absolute Gasteiger partial charge is 0.150 e. The van der Waals surface area contributed by atoms with Crippen LogP contribution in [0.1, 0.15) is 32.1 Å². The van der Waals surface area contributed by atoms with Gasteiger partial charge in [0, 0.05) is 6.26 Å². The summed E-state index contributed by atoms with van der Waals surface area (Å²) in [7, 11) is -2.78. The Balaban J connectivity index is 2.57. The van der Waals surface area contributed by atoms with Gasteiger partial charge in [0.25, 0.3) is 0 Å². The molecule has 0 aliphatic heterocycles. The van der Waals surface area contributed by atoms with E-state index < -0.39 is 9.84 Å². The van der Waals surface area contributed by atoms with E-state index in [1.165, 1.54) is 6.26 Å². The third kappa shape index (κ3) is 2.81. The lowest BCUT2D eigenvalue weighted by Crippen LogP contribution is -2.18. The van der Waals surface area contributed by atoms with Crippen molar-refractivity contribution in [2.24, 2.45) is 0 Å². The van der Waals surface area contributed by atoms with Crippen LogP contribution in [0.4, 0.5) is 0 Å². The van der Waals surface area contributed by atoms with Crippen molar-refractivity contribution in [2.75, 3.05) is 6.26 Å². The van der Waals surface area contributed by atoms with Crippen LogP contribution in [0.25, 0.3) is 0 Å². The molecule has 0 aromatic rings. The maximum atomic E-state index is 11.1. The van der Waals surface area contributed by atoms with Crippen LogP contribution < -0.4 is 0 Å². The van der Waals surface area contributed by atoms with Crippen molar-refractivity contribution < 1.29 is 8.42 Å². The molecule has 0 spiro atoms. The van der Waals surface area contributed by atoms with Crippen molar-refractivity contribution in [1.82, 2.24) is 0 Å². The SMILES string of the molecule is CS(=O)(=O)C1C[CH]CCCC1. The molecule has 1 saturated carbocycles. The molecule has 1 unspecified atom stereocenters. The van der Waals surface area contributed by atoms with Crippen LogP contribution >= 0.6 is 0 Å². The van der Waals surface area contributed by atoms with E-state index in [-0.39, 0.29) is 5.25 Å². The Labute approximate surface area is 68.9 Å². The molecule has 1 fully saturated rings. The van der Waals surface area contributed by atoms with Gasteiger partial charge in [0.05, 0.1) is 5.25 Å². The van der Waals surface area contributed by atoms with Crippen LogP contribution in [0, 0.1) is 6.42 Å². The van der Waals surface area contributed by atoms with Crippen LogP contribution in [0.5, 0.6) is 0 Å². The fourth-order valence-electron chi connectivity index (χ4n) is 1.47. The Morgan fingerprint density at radius 1 is 1.36 bits per heavy atom. The van der Waals surface area contributed by atoms with Crippen LogP contribution in [-0.4, -0.2) is 19.9 Å². The minimum Gasteiger partial charge on any atom is -0.229 e. The Hall–Kier alpha value is -0.0500. The van der Waals surface area contributed by atoms with Crippen molar-refractivity contribution in [3.8, 4) is 0 Å². The van der Waals surface area contributed by atoms with Gasteiger partial charge in [-0.15, -0.1) is 0 Å². The van der Waals surface area contributed by atoms with E-state index in [1.54, 1.807) is 0 Å². The lowest BCUT2D eigenvalue weighted by atomic mass is 10.2. The lowest BCUT2D eigenvalue weighted by Gasteiger charge is -2.09. The van der Waals surface area contributed by atoms with Gasteiger partial charge in [0.2, 0.25) is 0 Å². The summed E-state index contributed by atoms with van der Waals surface area (Å²) >= 11 is 0. The van der Waals surface area contributed by atoms with E-state index in [1.807, 2.05) is 0 Å². The van der Waals surface area contributed by atoms with Crippen molar-refractivity contribution in [3.05, 3.63) is 6.42 Å². The zero-order valence-electron chi connectivity index (χ0n) is 6.91. The molecular weight excluding hydrogens is 160 g/mol. The minimum absolute atomic E-state index is 0.0926. The highest BCUT2D eigenvalue weighted by Crippen LogP contribution is 2.21. The normalized spacial score (nSPS) is 23.0. The molecule has 1 aliphatic rings. The monoisotopic (exact) mass is 175 g/mol. The molecule has 0 amide bonds. The second-order valence-electron chi connectivity index (χ2n) is 3.26. The zero-order valence-corrected chi connectivity index (χ0v) is 7.73. The molecule has 1 aliphatic carbocycles. The van der Waals surface area contributed by atoms with Crippen LogP contribution in [0.3, 0.4) is 0 Å². The zero-order chi connectivity index (χ0) is 8.32. The molecule has 1 rings (SSSR count). The summed E-state index contributed by atoms with van der Waals surface area (Å²) < 4.78 is 22.2. The maximum Gasteiger partial charge on any atom is 0.150 e. The van der Waals surface area contributed by atoms with Gasteiger partial charge in [-0.3, -0.25) is 0 Å². The molecule has 65 valence electrons. The standard InChI is InChI=1S/C8H15O2S/c1-11(9,10)8-6-4-2-3-5-7-8/h4,8H,2-3,5-7H2,1H3. The molecule has 2 nitrogen and oxygen atoms in total. The summed E-state index contributed by atoms with van der Waals surface area (Å²) in [6.45, 7) is 0. The van der Waals surface area contributed by atoms with Gasteiger partial charge >= 0.3 is 0 Å². The summed E-state index contributed by atoms with van der Waals surface area (Å²) in [6, 6.07) is 0. The van der Waals surface area contributed by atoms with Gasteiger partial charge in [-0.2, -0.15) is 0 Å². The highest BCUT2D eigenvalue weighted by Gasteiger charge is 2.21. The quantitative estimate of drug-likeness (QED) is 0.567. The molecule has 3 heteroatoms. The van der Waals surface area contributed by atoms with Gasteiger partial charge in [0.15, 0.2) is 0 Å². The summed E-state index contributed by atoms with van der Waals surface area (Å²) in [5, 5.41) is -0.0926. The molecule has 1 atom stereocenters. The first-order chi connectivity index (χ1) is 5.11. The first-order valence-corrected chi connectivity index (χ1v) is 6.06. The largest absolute Gasteiger partial charge is 0.229 e. The highest BCUT2D eigenvalue weighted by atomic mass is 32.2. The van der Waals surface area contributed by atoms with Crippen LogP contribution in [-0.2, 0) is 9.84 Å². The molecule has 0 bridgehead atoms. The third-order valence-electron chi connectivity index (χ3n) is 2.22. The van der Waals surface area contributed by atoms with Crippen molar-refractivity contribution in [3.63, 3.8) is 0 Å². The molecule has 11 heavy (non-hydrogen) atoms. The average Bonchev–Trinajstić information content (AvgIpc) is 2.10. The van der Waals surface area contributed by atoms with E-state index in [4.69, 9.17) is 0 Å². The highest BCUT2D eigenvalue weighted by molar-refractivity contribution is 7.91. The number of rotatable bonds is 1. The number of sulfone groups is 1. The van der Waals surface area contributed by atoms with Crippen LogP contribution in [0.15, 0.2) is 0 Å².